The molecule has 2 aromatic carbocycles. The Hall–Kier alpha value is -1.94. The van der Waals surface area contributed by atoms with Gasteiger partial charge in [0.1, 0.15) is 12.2 Å². The van der Waals surface area contributed by atoms with Crippen molar-refractivity contribution in [1.82, 2.24) is 4.90 Å². The zero-order valence-electron chi connectivity index (χ0n) is 13.5. The largest absolute Gasteiger partial charge is 0.386 e. The van der Waals surface area contributed by atoms with Gasteiger partial charge in [-0.1, -0.05) is 60.7 Å². The molecule has 0 aromatic heterocycles. The molecule has 3 heteroatoms. The van der Waals surface area contributed by atoms with Gasteiger partial charge in [-0.25, -0.2) is 0 Å². The summed E-state index contributed by atoms with van der Waals surface area (Å²) >= 11 is 0. The van der Waals surface area contributed by atoms with Gasteiger partial charge >= 0.3 is 0 Å². The van der Waals surface area contributed by atoms with Gasteiger partial charge in [-0.3, -0.25) is 4.90 Å². The summed E-state index contributed by atoms with van der Waals surface area (Å²) in [5.74, 6) is 0. The van der Waals surface area contributed by atoms with Gasteiger partial charge in [0.2, 0.25) is 0 Å². The molecule has 0 radical (unpaired) electrons. The zero-order valence-corrected chi connectivity index (χ0v) is 13.5. The first-order chi connectivity index (χ1) is 11.3. The van der Waals surface area contributed by atoms with Crippen LogP contribution in [0.25, 0.3) is 0 Å². The molecule has 122 valence electrons. The van der Waals surface area contributed by atoms with Gasteiger partial charge < -0.3 is 9.84 Å². The third-order valence-corrected chi connectivity index (χ3v) is 3.92. The minimum Gasteiger partial charge on any atom is -0.386 e. The molecule has 1 aliphatic rings. The van der Waals surface area contributed by atoms with Gasteiger partial charge in [0, 0.05) is 19.6 Å². The van der Waals surface area contributed by atoms with Crippen LogP contribution >= 0.6 is 0 Å². The van der Waals surface area contributed by atoms with Crippen molar-refractivity contribution in [1.29, 1.82) is 0 Å². The van der Waals surface area contributed by atoms with Crippen molar-refractivity contribution in [3.63, 3.8) is 0 Å². The molecule has 23 heavy (non-hydrogen) atoms. The Morgan fingerprint density at radius 2 is 1.65 bits per heavy atom. The topological polar surface area (TPSA) is 32.7 Å². The average molecular weight is 311 g/mol. The number of nitrogens with zero attached hydrogens (tertiary/aromatic N) is 1. The molecule has 1 aliphatic heterocycles. The summed E-state index contributed by atoms with van der Waals surface area (Å²) in [6, 6.07) is 20.2. The van der Waals surface area contributed by atoms with E-state index in [9.17, 15) is 5.11 Å². The Bertz CT molecular complexity index is 558. The number of aliphatic hydroxyl groups is 1. The van der Waals surface area contributed by atoms with Crippen LogP contribution in [-0.2, 0) is 11.3 Å². The van der Waals surface area contributed by atoms with Crippen molar-refractivity contribution >= 4 is 0 Å². The molecule has 0 aliphatic carbocycles. The van der Waals surface area contributed by atoms with Crippen LogP contribution in [0.4, 0.5) is 0 Å². The van der Waals surface area contributed by atoms with Crippen LogP contribution in [0.3, 0.4) is 0 Å². The van der Waals surface area contributed by atoms with Crippen molar-refractivity contribution in [3.05, 3.63) is 84.9 Å². The van der Waals surface area contributed by atoms with E-state index in [4.69, 9.17) is 4.74 Å². The maximum Gasteiger partial charge on any atom is 0.106 e. The zero-order chi connectivity index (χ0) is 16.5. The summed E-state index contributed by atoms with van der Waals surface area (Å²) < 4.78 is 5.77. The van der Waals surface area contributed by atoms with E-state index in [1.54, 1.807) is 0 Å². The SMILES string of the molecule is C=C.OC(c1ccccc1)C1CN(Cc2ccccc2)CCO1. The summed E-state index contributed by atoms with van der Waals surface area (Å²) in [4.78, 5) is 2.34. The van der Waals surface area contributed by atoms with Crippen molar-refractivity contribution < 1.29 is 9.84 Å². The Labute approximate surface area is 138 Å². The molecule has 2 atom stereocenters. The summed E-state index contributed by atoms with van der Waals surface area (Å²) in [5, 5.41) is 10.5. The number of hydrogen-bond donors (Lipinski definition) is 1. The predicted molar refractivity (Wildman–Crippen MR) is 94.1 cm³/mol. The number of rotatable bonds is 4. The van der Waals surface area contributed by atoms with Crippen LogP contribution in [0.5, 0.6) is 0 Å². The molecule has 2 unspecified atom stereocenters. The second-order valence-electron chi connectivity index (χ2n) is 5.49. The van der Waals surface area contributed by atoms with Crippen molar-refractivity contribution in [2.24, 2.45) is 0 Å². The van der Waals surface area contributed by atoms with E-state index in [0.29, 0.717) is 6.61 Å². The number of morpholine rings is 1. The minimum atomic E-state index is -0.565. The highest BCUT2D eigenvalue weighted by molar-refractivity contribution is 5.19. The molecule has 1 saturated heterocycles. The third-order valence-electron chi connectivity index (χ3n) is 3.92. The molecular weight excluding hydrogens is 286 g/mol. The maximum absolute atomic E-state index is 10.5. The van der Waals surface area contributed by atoms with Gasteiger partial charge in [-0.2, -0.15) is 0 Å². The first-order valence-corrected chi connectivity index (χ1v) is 7.94. The quantitative estimate of drug-likeness (QED) is 0.878. The van der Waals surface area contributed by atoms with E-state index >= 15 is 0 Å². The molecule has 1 fully saturated rings. The Morgan fingerprint density at radius 3 is 2.30 bits per heavy atom. The van der Waals surface area contributed by atoms with E-state index in [2.05, 4.69) is 42.3 Å². The molecule has 3 nitrogen and oxygen atoms in total. The van der Waals surface area contributed by atoms with Crippen LogP contribution in [-0.4, -0.2) is 35.8 Å². The first-order valence-electron chi connectivity index (χ1n) is 7.94. The van der Waals surface area contributed by atoms with Crippen molar-refractivity contribution in [3.8, 4) is 0 Å². The van der Waals surface area contributed by atoms with E-state index in [-0.39, 0.29) is 6.10 Å². The number of hydrogen-bond acceptors (Lipinski definition) is 3. The van der Waals surface area contributed by atoms with Gasteiger partial charge in [-0.15, -0.1) is 13.2 Å². The van der Waals surface area contributed by atoms with E-state index < -0.39 is 6.10 Å². The highest BCUT2D eigenvalue weighted by atomic mass is 16.5. The number of aliphatic hydroxyl groups excluding tert-OH is 1. The second-order valence-corrected chi connectivity index (χ2v) is 5.49. The van der Waals surface area contributed by atoms with Gasteiger partial charge in [-0.05, 0) is 11.1 Å². The van der Waals surface area contributed by atoms with Crippen molar-refractivity contribution in [2.45, 2.75) is 18.8 Å². The fourth-order valence-corrected chi connectivity index (χ4v) is 2.77. The summed E-state index contributed by atoms with van der Waals surface area (Å²) in [6.07, 6.45) is -0.727. The second kappa shape index (κ2) is 9.26. The van der Waals surface area contributed by atoms with Crippen LogP contribution < -0.4 is 0 Å². The lowest BCUT2D eigenvalue weighted by Crippen LogP contribution is -2.44. The Kier molecular flexibility index (Phi) is 7.01. The lowest BCUT2D eigenvalue weighted by Gasteiger charge is -2.35. The molecule has 0 saturated carbocycles. The average Bonchev–Trinajstić information content (AvgIpc) is 2.64. The lowest BCUT2D eigenvalue weighted by molar-refractivity contribution is -0.0918. The number of ether oxygens (including phenoxy) is 1. The summed E-state index contributed by atoms with van der Waals surface area (Å²) in [7, 11) is 0. The predicted octanol–water partition coefficient (Wildman–Crippen LogP) is 3.42. The molecule has 3 rings (SSSR count). The summed E-state index contributed by atoms with van der Waals surface area (Å²) in [5.41, 5.74) is 2.22. The molecule has 1 N–H and O–H groups in total. The van der Waals surface area contributed by atoms with Gasteiger partial charge in [0.05, 0.1) is 6.61 Å². The van der Waals surface area contributed by atoms with Crippen LogP contribution in [0.2, 0.25) is 0 Å². The van der Waals surface area contributed by atoms with Gasteiger partial charge in [0.15, 0.2) is 0 Å². The first kappa shape index (κ1) is 17.4. The Morgan fingerprint density at radius 1 is 1.04 bits per heavy atom. The normalized spacial score (nSPS) is 19.4. The molecule has 2 aromatic rings. The fourth-order valence-electron chi connectivity index (χ4n) is 2.77. The number of benzene rings is 2. The highest BCUT2D eigenvalue weighted by Crippen LogP contribution is 2.22. The standard InChI is InChI=1S/C18H21NO2.C2H4/c20-18(16-9-5-2-6-10-16)17-14-19(11-12-21-17)13-15-7-3-1-4-8-15;1-2/h1-10,17-18,20H,11-14H2;1-2H2. The molecular formula is C20H25NO2. The third kappa shape index (κ3) is 5.03. The molecule has 0 bridgehead atoms. The van der Waals surface area contributed by atoms with Gasteiger partial charge in [0.25, 0.3) is 0 Å². The Balaban J connectivity index is 0.000000924. The van der Waals surface area contributed by atoms with Crippen LogP contribution in [0.15, 0.2) is 73.8 Å². The van der Waals surface area contributed by atoms with Crippen LogP contribution in [0.1, 0.15) is 17.2 Å². The monoisotopic (exact) mass is 311 g/mol. The fraction of sp³-hybridized carbons (Fsp3) is 0.300. The van der Waals surface area contributed by atoms with E-state index in [1.165, 1.54) is 5.56 Å². The molecule has 0 amide bonds. The lowest BCUT2D eigenvalue weighted by atomic mass is 10.0. The van der Waals surface area contributed by atoms with E-state index in [1.807, 2.05) is 36.4 Å². The smallest absolute Gasteiger partial charge is 0.106 e. The van der Waals surface area contributed by atoms with Crippen molar-refractivity contribution in [2.75, 3.05) is 19.7 Å². The maximum atomic E-state index is 10.5. The van der Waals surface area contributed by atoms with Crippen LogP contribution in [0, 0.1) is 0 Å². The molecule has 0 spiro atoms. The van der Waals surface area contributed by atoms with E-state index in [0.717, 1.165) is 25.2 Å². The minimum absolute atomic E-state index is 0.162. The summed E-state index contributed by atoms with van der Waals surface area (Å²) in [6.45, 7) is 9.24. The molecule has 1 heterocycles. The highest BCUT2D eigenvalue weighted by Gasteiger charge is 2.27.